The van der Waals surface area contributed by atoms with Crippen molar-refractivity contribution in [1.29, 1.82) is 0 Å². The second-order valence-corrected chi connectivity index (χ2v) is 14.9. The van der Waals surface area contributed by atoms with Gasteiger partial charge >= 0.3 is 12.0 Å². The number of thioether (sulfide) groups is 1. The Morgan fingerprint density at radius 3 is 2.56 bits per heavy atom. The molecule has 14 nitrogen and oxygen atoms in total. The van der Waals surface area contributed by atoms with Crippen molar-refractivity contribution in [3.8, 4) is 34.6 Å². The minimum Gasteiger partial charge on any atom is -0.508 e. The first kappa shape index (κ1) is 38.3. The van der Waals surface area contributed by atoms with Gasteiger partial charge in [-0.2, -0.15) is 11.8 Å². The Bertz CT molecular complexity index is 1870. The van der Waals surface area contributed by atoms with Gasteiger partial charge in [0.2, 0.25) is 11.8 Å². The Kier molecular flexibility index (Phi) is 12.9. The molecular weight excluding hydrogens is 685 g/mol. The second-order valence-electron chi connectivity index (χ2n) is 13.6. The number of aromatic nitrogens is 4. The number of hydrogen-bond donors (Lipinski definition) is 7. The molecule has 8 N–H and O–H groups in total. The summed E-state index contributed by atoms with van der Waals surface area (Å²) in [6, 6.07) is 10.8. The van der Waals surface area contributed by atoms with E-state index in [9.17, 15) is 29.7 Å². The van der Waals surface area contributed by atoms with Crippen LogP contribution in [0.5, 0.6) is 17.5 Å². The number of aromatic hydroxyl groups is 3. The summed E-state index contributed by atoms with van der Waals surface area (Å²) in [6.07, 6.45) is 8.95. The van der Waals surface area contributed by atoms with Crippen molar-refractivity contribution < 1.29 is 29.7 Å². The first-order valence-corrected chi connectivity index (χ1v) is 19.0. The van der Waals surface area contributed by atoms with Crippen LogP contribution in [0.15, 0.2) is 42.6 Å². The Hall–Kier alpha value is -4.92. The summed E-state index contributed by atoms with van der Waals surface area (Å²) < 4.78 is 3.53. The summed E-state index contributed by atoms with van der Waals surface area (Å²) in [5, 5.41) is 49.4. The number of hydrogen-bond acceptors (Lipinski definition) is 9. The molecule has 2 aromatic heterocycles. The highest BCUT2D eigenvalue weighted by molar-refractivity contribution is 8.00. The van der Waals surface area contributed by atoms with Crippen molar-refractivity contribution in [3.63, 3.8) is 0 Å². The van der Waals surface area contributed by atoms with Gasteiger partial charge in [0.05, 0.1) is 23.3 Å². The summed E-state index contributed by atoms with van der Waals surface area (Å²) in [5.74, 6) is 0.965. The third-order valence-electron chi connectivity index (χ3n) is 9.45. The van der Waals surface area contributed by atoms with E-state index in [-0.39, 0.29) is 53.1 Å². The van der Waals surface area contributed by atoms with Gasteiger partial charge < -0.3 is 41.6 Å². The first-order chi connectivity index (χ1) is 25.0. The molecule has 0 radical (unpaired) electrons. The topological polar surface area (TPSA) is 210 Å². The molecule has 2 aromatic carbocycles. The van der Waals surface area contributed by atoms with Gasteiger partial charge in [-0.1, -0.05) is 45.1 Å². The molecule has 3 atom stereocenters. The number of nitrogens with two attached hydrogens (primary N) is 1. The maximum absolute atomic E-state index is 12.0. The molecule has 2 saturated heterocycles. The standard InChI is InChI=1S/C27H33N5O4.C10H17N3O2S/c1-4-5-6-7-25(35)28-11-13-31-12-10-18-14-19(8-9-22(18)31)32-26(29-30-27(32)36)21-15-20(17(2)3)23(33)16-24(21)34;11-8(14)4-2-1-3-7-9-6(5-16-7)12-10(15)13-9/h8-10,12,14-17,33-34H,4-7,11,13H2,1-3H3,(H,28,35)(H,30,36);6-7,9H,1-5H2,(H2,11,14)(H2,12,13,15)/t;6-,7-,9-/m.1/s1. The van der Waals surface area contributed by atoms with E-state index in [4.69, 9.17) is 5.73 Å². The molecule has 2 aliphatic rings. The van der Waals surface area contributed by atoms with Crippen molar-refractivity contribution in [1.82, 2.24) is 35.3 Å². The number of carbonyl (C=O) groups excluding carboxylic acids is 3. The molecule has 52 heavy (non-hydrogen) atoms. The number of urea groups is 1. The predicted molar refractivity (Wildman–Crippen MR) is 202 cm³/mol. The van der Waals surface area contributed by atoms with Crippen molar-refractivity contribution in [2.45, 2.75) is 102 Å². The fourth-order valence-electron chi connectivity index (χ4n) is 6.67. The van der Waals surface area contributed by atoms with E-state index >= 15 is 0 Å². The van der Waals surface area contributed by atoms with E-state index in [1.54, 1.807) is 6.07 Å². The summed E-state index contributed by atoms with van der Waals surface area (Å²) in [5.41, 5.74) is 7.71. The molecule has 15 heteroatoms. The zero-order valence-electron chi connectivity index (χ0n) is 30.0. The minimum atomic E-state index is -0.312. The number of amides is 4. The number of nitrogens with one attached hydrogen (secondary N) is 3. The van der Waals surface area contributed by atoms with E-state index in [0.717, 1.165) is 55.2 Å². The molecule has 4 aromatic rings. The Labute approximate surface area is 307 Å². The molecule has 6 rings (SSSR count). The highest BCUT2D eigenvalue weighted by atomic mass is 32.2. The van der Waals surface area contributed by atoms with Gasteiger partial charge in [0, 0.05) is 60.1 Å². The van der Waals surface area contributed by atoms with Crippen LogP contribution in [0.1, 0.15) is 83.6 Å². The van der Waals surface area contributed by atoms with Crippen molar-refractivity contribution in [3.05, 3.63) is 48.2 Å². The predicted octanol–water partition coefficient (Wildman–Crippen LogP) is 5.02. The molecule has 0 bridgehead atoms. The van der Waals surface area contributed by atoms with Crippen LogP contribution in [0.3, 0.4) is 0 Å². The Morgan fingerprint density at radius 2 is 1.81 bits per heavy atom. The number of fused-ring (bicyclic) bond motifs is 2. The molecule has 4 heterocycles. The third kappa shape index (κ3) is 9.29. The summed E-state index contributed by atoms with van der Waals surface area (Å²) in [6.45, 7) is 7.19. The van der Waals surface area contributed by atoms with Gasteiger partial charge in [0.15, 0.2) is 5.82 Å². The highest BCUT2D eigenvalue weighted by Gasteiger charge is 2.42. The van der Waals surface area contributed by atoms with Crippen molar-refractivity contribution >= 4 is 40.5 Å². The Balaban J connectivity index is 0.000000272. The van der Waals surface area contributed by atoms with Gasteiger partial charge in [-0.3, -0.25) is 9.59 Å². The van der Waals surface area contributed by atoms with Crippen LogP contribution in [0.4, 0.5) is 4.79 Å². The lowest BCUT2D eigenvalue weighted by atomic mass is 9.98. The van der Waals surface area contributed by atoms with Crippen LogP contribution in [-0.2, 0) is 16.1 Å². The van der Waals surface area contributed by atoms with Crippen LogP contribution in [0.25, 0.3) is 28.0 Å². The summed E-state index contributed by atoms with van der Waals surface area (Å²) in [7, 11) is 0. The average Bonchev–Trinajstić information content (AvgIpc) is 3.87. The molecule has 280 valence electrons. The van der Waals surface area contributed by atoms with Crippen LogP contribution >= 0.6 is 11.8 Å². The van der Waals surface area contributed by atoms with Gasteiger partial charge in [-0.15, -0.1) is 5.10 Å². The van der Waals surface area contributed by atoms with E-state index < -0.39 is 0 Å². The first-order valence-electron chi connectivity index (χ1n) is 18.0. The van der Waals surface area contributed by atoms with Crippen molar-refractivity contribution in [2.24, 2.45) is 5.73 Å². The number of phenols is 2. The van der Waals surface area contributed by atoms with E-state index in [1.165, 1.54) is 10.6 Å². The minimum absolute atomic E-state index is 0.00134. The molecular formula is C37H50N8O6S. The fraction of sp³-hybridized carbons (Fsp3) is 0.486. The number of benzene rings is 2. The lowest BCUT2D eigenvalue weighted by Crippen LogP contribution is -2.36. The van der Waals surface area contributed by atoms with Crippen LogP contribution < -0.4 is 21.7 Å². The maximum Gasteiger partial charge on any atom is 0.319 e. The smallest absolute Gasteiger partial charge is 0.319 e. The molecule has 0 aliphatic carbocycles. The van der Waals surface area contributed by atoms with Crippen LogP contribution in [0, 0.1) is 0 Å². The fourth-order valence-corrected chi connectivity index (χ4v) is 8.22. The monoisotopic (exact) mass is 734 g/mol. The van der Waals surface area contributed by atoms with E-state index in [0.29, 0.717) is 54.0 Å². The zero-order valence-corrected chi connectivity index (χ0v) is 30.8. The lowest BCUT2D eigenvalue weighted by molar-refractivity contribution is -0.121. The quantitative estimate of drug-likeness (QED) is 0.0645. The normalized spacial score (nSPS) is 17.8. The van der Waals surface area contributed by atoms with E-state index in [1.807, 2.05) is 56.1 Å². The van der Waals surface area contributed by atoms with E-state index in [2.05, 4.69) is 37.6 Å². The molecule has 2 aliphatic heterocycles. The SMILES string of the molecule is CCCCCC(=O)NCCn1ccc2cc(-n3c(O)nnc3-c3cc(C(C)C)c(O)cc3O)ccc21.NC(=O)CCCC[C@H]1SC[C@H]2NC(=O)N[C@H]21. The number of phenolic OH excluding ortho intramolecular Hbond substituents is 2. The number of nitrogens with zero attached hydrogens (tertiary/aromatic N) is 4. The average molecular weight is 735 g/mol. The molecule has 0 saturated carbocycles. The van der Waals surface area contributed by atoms with Gasteiger partial charge in [-0.25, -0.2) is 9.36 Å². The summed E-state index contributed by atoms with van der Waals surface area (Å²) in [4.78, 5) is 33.7. The highest BCUT2D eigenvalue weighted by Crippen LogP contribution is 2.39. The number of primary amides is 1. The largest absolute Gasteiger partial charge is 0.508 e. The second kappa shape index (κ2) is 17.5. The lowest BCUT2D eigenvalue weighted by Gasteiger charge is -2.16. The molecule has 4 amide bonds. The third-order valence-corrected chi connectivity index (χ3v) is 11.0. The van der Waals surface area contributed by atoms with Crippen LogP contribution in [0.2, 0.25) is 0 Å². The zero-order chi connectivity index (χ0) is 37.4. The summed E-state index contributed by atoms with van der Waals surface area (Å²) >= 11 is 1.90. The van der Waals surface area contributed by atoms with Gasteiger partial charge in [0.1, 0.15) is 11.5 Å². The van der Waals surface area contributed by atoms with Crippen LogP contribution in [-0.4, -0.2) is 82.1 Å². The number of rotatable bonds is 15. The molecule has 0 spiro atoms. The molecule has 0 unspecified atom stereocenters. The van der Waals surface area contributed by atoms with Gasteiger partial charge in [0.25, 0.3) is 0 Å². The Morgan fingerprint density at radius 1 is 1.02 bits per heavy atom. The molecule has 2 fully saturated rings. The number of unbranched alkanes of at least 4 members (excludes halogenated alkanes) is 3. The van der Waals surface area contributed by atoms with Gasteiger partial charge in [-0.05, 0) is 61.1 Å². The number of carbonyl (C=O) groups is 3. The maximum atomic E-state index is 12.0. The van der Waals surface area contributed by atoms with Crippen molar-refractivity contribution in [2.75, 3.05) is 12.3 Å².